The number of rotatable bonds is 4. The summed E-state index contributed by atoms with van der Waals surface area (Å²) in [6.07, 6.45) is 4.71. The molecule has 1 fully saturated rings. The Balaban J connectivity index is 1.84. The lowest BCUT2D eigenvalue weighted by atomic mass is 9.85. The Hall–Kier alpha value is -1.01. The summed E-state index contributed by atoms with van der Waals surface area (Å²) in [5, 5.41) is 24.5. The standard InChI is InChI=1S/C10H19N5O/c1-15-13-10(12-14-15)6-11-9-5-3-2-4-8(9)7-16/h8-9,11,16H,2-7H2,1H3. The molecule has 0 aromatic carbocycles. The first-order valence-electron chi connectivity index (χ1n) is 5.86. The van der Waals surface area contributed by atoms with Crippen molar-refractivity contribution in [2.24, 2.45) is 13.0 Å². The van der Waals surface area contributed by atoms with Gasteiger partial charge in [-0.1, -0.05) is 12.8 Å². The molecule has 0 bridgehead atoms. The minimum Gasteiger partial charge on any atom is -0.396 e. The first kappa shape index (κ1) is 11.5. The summed E-state index contributed by atoms with van der Waals surface area (Å²) in [6, 6.07) is 0.391. The lowest BCUT2D eigenvalue weighted by molar-refractivity contribution is 0.152. The molecule has 0 spiro atoms. The van der Waals surface area contributed by atoms with Gasteiger partial charge in [-0.15, -0.1) is 10.2 Å². The number of aryl methyl sites for hydroxylation is 1. The van der Waals surface area contributed by atoms with E-state index in [9.17, 15) is 5.11 Å². The van der Waals surface area contributed by atoms with E-state index in [0.717, 1.165) is 12.8 Å². The average molecular weight is 225 g/mol. The van der Waals surface area contributed by atoms with Crippen LogP contribution in [0.25, 0.3) is 0 Å². The molecule has 1 aromatic heterocycles. The number of aliphatic hydroxyl groups excluding tert-OH is 1. The van der Waals surface area contributed by atoms with E-state index < -0.39 is 0 Å². The smallest absolute Gasteiger partial charge is 0.188 e. The maximum absolute atomic E-state index is 9.28. The zero-order valence-corrected chi connectivity index (χ0v) is 9.63. The molecule has 6 nitrogen and oxygen atoms in total. The second-order valence-electron chi connectivity index (χ2n) is 4.41. The van der Waals surface area contributed by atoms with E-state index in [4.69, 9.17) is 0 Å². The molecule has 90 valence electrons. The van der Waals surface area contributed by atoms with Crippen LogP contribution in [0.3, 0.4) is 0 Å². The van der Waals surface area contributed by atoms with Gasteiger partial charge in [0.1, 0.15) is 0 Å². The molecule has 2 N–H and O–H groups in total. The van der Waals surface area contributed by atoms with Crippen molar-refractivity contribution in [1.82, 2.24) is 25.5 Å². The van der Waals surface area contributed by atoms with E-state index in [1.54, 1.807) is 7.05 Å². The Kier molecular flexibility index (Phi) is 3.84. The topological polar surface area (TPSA) is 75.9 Å². The normalized spacial score (nSPS) is 25.9. The van der Waals surface area contributed by atoms with Gasteiger partial charge in [-0.25, -0.2) is 0 Å². The lowest BCUT2D eigenvalue weighted by Gasteiger charge is -2.30. The molecule has 0 aliphatic heterocycles. The van der Waals surface area contributed by atoms with Crippen molar-refractivity contribution in [3.8, 4) is 0 Å². The zero-order chi connectivity index (χ0) is 11.4. The second-order valence-corrected chi connectivity index (χ2v) is 4.41. The van der Waals surface area contributed by atoms with Crippen LogP contribution < -0.4 is 5.32 Å². The summed E-state index contributed by atoms with van der Waals surface area (Å²) in [4.78, 5) is 1.46. The fourth-order valence-corrected chi connectivity index (χ4v) is 2.31. The Morgan fingerprint density at radius 2 is 2.25 bits per heavy atom. The number of nitrogens with one attached hydrogen (secondary N) is 1. The Labute approximate surface area is 95.0 Å². The molecule has 0 radical (unpaired) electrons. The van der Waals surface area contributed by atoms with E-state index >= 15 is 0 Å². The molecule has 0 saturated heterocycles. The number of tetrazole rings is 1. The van der Waals surface area contributed by atoms with Gasteiger partial charge in [0.2, 0.25) is 0 Å². The summed E-state index contributed by atoms with van der Waals surface area (Å²) in [5.41, 5.74) is 0. The third-order valence-corrected chi connectivity index (χ3v) is 3.22. The van der Waals surface area contributed by atoms with Crippen LogP contribution in [0.4, 0.5) is 0 Å². The fourth-order valence-electron chi connectivity index (χ4n) is 2.31. The zero-order valence-electron chi connectivity index (χ0n) is 9.63. The van der Waals surface area contributed by atoms with Gasteiger partial charge in [0.05, 0.1) is 13.6 Å². The number of aliphatic hydroxyl groups is 1. The Morgan fingerprint density at radius 3 is 2.94 bits per heavy atom. The number of hydrogen-bond acceptors (Lipinski definition) is 5. The minimum atomic E-state index is 0.269. The van der Waals surface area contributed by atoms with Crippen LogP contribution in [0.1, 0.15) is 31.5 Å². The van der Waals surface area contributed by atoms with Crippen molar-refractivity contribution in [1.29, 1.82) is 0 Å². The maximum Gasteiger partial charge on any atom is 0.188 e. The van der Waals surface area contributed by atoms with Crippen LogP contribution in [0, 0.1) is 5.92 Å². The summed E-state index contributed by atoms with van der Waals surface area (Å²) < 4.78 is 0. The minimum absolute atomic E-state index is 0.269. The summed E-state index contributed by atoms with van der Waals surface area (Å²) in [6.45, 7) is 0.903. The van der Waals surface area contributed by atoms with Crippen LogP contribution >= 0.6 is 0 Å². The quantitative estimate of drug-likeness (QED) is 0.745. The third kappa shape index (κ3) is 2.76. The van der Waals surface area contributed by atoms with E-state index in [1.165, 1.54) is 17.6 Å². The van der Waals surface area contributed by atoms with Crippen LogP contribution in [-0.2, 0) is 13.6 Å². The predicted molar refractivity (Wildman–Crippen MR) is 58.5 cm³/mol. The van der Waals surface area contributed by atoms with Crippen molar-refractivity contribution in [2.75, 3.05) is 6.61 Å². The first-order valence-corrected chi connectivity index (χ1v) is 5.86. The Morgan fingerprint density at radius 1 is 1.44 bits per heavy atom. The molecule has 6 heteroatoms. The molecular formula is C10H19N5O. The second kappa shape index (κ2) is 5.36. The molecule has 2 atom stereocenters. The summed E-state index contributed by atoms with van der Waals surface area (Å²) in [5.74, 6) is 1.09. The molecule has 0 amide bonds. The van der Waals surface area contributed by atoms with Gasteiger partial charge in [-0.3, -0.25) is 0 Å². The van der Waals surface area contributed by atoms with Crippen molar-refractivity contribution in [3.05, 3.63) is 5.82 Å². The SMILES string of the molecule is Cn1nnc(CNC2CCCCC2CO)n1. The van der Waals surface area contributed by atoms with Crippen LogP contribution in [-0.4, -0.2) is 38.0 Å². The number of aromatic nitrogens is 4. The highest BCUT2D eigenvalue weighted by Gasteiger charge is 2.24. The van der Waals surface area contributed by atoms with Crippen molar-refractivity contribution in [3.63, 3.8) is 0 Å². The molecule has 1 aliphatic rings. The average Bonchev–Trinajstić information content (AvgIpc) is 2.73. The molecule has 1 aromatic rings. The van der Waals surface area contributed by atoms with Crippen LogP contribution in [0.2, 0.25) is 0 Å². The van der Waals surface area contributed by atoms with Crippen LogP contribution in [0.15, 0.2) is 0 Å². The Bertz CT molecular complexity index is 327. The van der Waals surface area contributed by atoms with Gasteiger partial charge < -0.3 is 10.4 Å². The highest BCUT2D eigenvalue weighted by atomic mass is 16.3. The van der Waals surface area contributed by atoms with E-state index in [-0.39, 0.29) is 6.61 Å². The predicted octanol–water partition coefficient (Wildman–Crippen LogP) is -0.149. The number of hydrogen-bond donors (Lipinski definition) is 2. The van der Waals surface area contributed by atoms with E-state index in [2.05, 4.69) is 20.7 Å². The molecule has 1 heterocycles. The van der Waals surface area contributed by atoms with Crippen molar-refractivity contribution >= 4 is 0 Å². The van der Waals surface area contributed by atoms with Gasteiger partial charge in [0.15, 0.2) is 5.82 Å². The summed E-state index contributed by atoms with van der Waals surface area (Å²) in [7, 11) is 1.76. The highest BCUT2D eigenvalue weighted by Crippen LogP contribution is 2.23. The molecule has 16 heavy (non-hydrogen) atoms. The van der Waals surface area contributed by atoms with Gasteiger partial charge in [0.25, 0.3) is 0 Å². The summed E-state index contributed by atoms with van der Waals surface area (Å²) >= 11 is 0. The molecule has 2 unspecified atom stereocenters. The van der Waals surface area contributed by atoms with E-state index in [1.807, 2.05) is 0 Å². The highest BCUT2D eigenvalue weighted by molar-refractivity contribution is 4.84. The van der Waals surface area contributed by atoms with Gasteiger partial charge in [-0.2, -0.15) is 4.80 Å². The lowest BCUT2D eigenvalue weighted by Crippen LogP contribution is -2.40. The first-order chi connectivity index (χ1) is 7.79. The van der Waals surface area contributed by atoms with Gasteiger partial charge in [-0.05, 0) is 24.0 Å². The third-order valence-electron chi connectivity index (χ3n) is 3.22. The number of nitrogens with zero attached hydrogens (tertiary/aromatic N) is 4. The molecule has 2 rings (SSSR count). The van der Waals surface area contributed by atoms with Crippen molar-refractivity contribution in [2.45, 2.75) is 38.3 Å². The molecule has 1 aliphatic carbocycles. The monoisotopic (exact) mass is 225 g/mol. The van der Waals surface area contributed by atoms with Crippen LogP contribution in [0.5, 0.6) is 0 Å². The van der Waals surface area contributed by atoms with Gasteiger partial charge in [0, 0.05) is 12.6 Å². The van der Waals surface area contributed by atoms with Gasteiger partial charge >= 0.3 is 0 Å². The molecular weight excluding hydrogens is 206 g/mol. The van der Waals surface area contributed by atoms with Crippen molar-refractivity contribution < 1.29 is 5.11 Å². The largest absolute Gasteiger partial charge is 0.396 e. The fraction of sp³-hybridized carbons (Fsp3) is 0.900. The molecule has 1 saturated carbocycles. The maximum atomic E-state index is 9.28. The van der Waals surface area contributed by atoms with E-state index in [0.29, 0.717) is 24.3 Å².